The second-order valence-corrected chi connectivity index (χ2v) is 9.40. The van der Waals surface area contributed by atoms with Gasteiger partial charge in [0.25, 0.3) is 0 Å². The van der Waals surface area contributed by atoms with Crippen molar-refractivity contribution >= 4 is 23.9 Å². The molecule has 7 rings (SSSR count). The number of carbonyl (C=O) groups is 4. The summed E-state index contributed by atoms with van der Waals surface area (Å²) in [5.74, 6) is -4.03. The molecule has 8 nitrogen and oxygen atoms in total. The molecule has 0 unspecified atom stereocenters. The Morgan fingerprint density at radius 3 is 1.36 bits per heavy atom. The van der Waals surface area contributed by atoms with Crippen LogP contribution in [0.4, 0.5) is 0 Å². The summed E-state index contributed by atoms with van der Waals surface area (Å²) >= 11 is 0. The number of esters is 4. The average molecular weight is 518 g/mol. The van der Waals surface area contributed by atoms with Crippen molar-refractivity contribution in [1.82, 2.24) is 0 Å². The molecule has 2 heterocycles. The Balaban J connectivity index is 1.27. The molecule has 0 fully saturated rings. The molecule has 8 heteroatoms. The van der Waals surface area contributed by atoms with Crippen LogP contribution < -0.4 is 0 Å². The second kappa shape index (κ2) is 8.56. The smallest absolute Gasteiger partial charge is 0.346 e. The molecule has 190 valence electrons. The number of rotatable bonds is 6. The molecule has 0 spiro atoms. The summed E-state index contributed by atoms with van der Waals surface area (Å²) in [6.45, 7) is 0.116. The highest BCUT2D eigenvalue weighted by molar-refractivity contribution is 6.15. The van der Waals surface area contributed by atoms with Gasteiger partial charge in [-0.1, -0.05) is 60.7 Å². The second-order valence-electron chi connectivity index (χ2n) is 9.40. The number of hydrogen-bond acceptors (Lipinski definition) is 8. The Kier molecular flexibility index (Phi) is 5.09. The van der Waals surface area contributed by atoms with Crippen LogP contribution in [0.15, 0.2) is 84.9 Å². The Labute approximate surface area is 221 Å². The number of benzene rings is 4. The van der Waals surface area contributed by atoms with Crippen molar-refractivity contribution in [2.45, 2.75) is 19.0 Å². The summed E-state index contributed by atoms with van der Waals surface area (Å²) in [4.78, 5) is 47.9. The van der Waals surface area contributed by atoms with E-state index in [2.05, 4.69) is 0 Å². The monoisotopic (exact) mass is 518 g/mol. The zero-order valence-corrected chi connectivity index (χ0v) is 20.3. The average Bonchev–Trinajstić information content (AvgIpc) is 3.52. The van der Waals surface area contributed by atoms with Gasteiger partial charge in [-0.3, -0.25) is 0 Å². The maximum absolute atomic E-state index is 12.1. The normalized spacial score (nSPS) is 15.9. The van der Waals surface area contributed by atoms with E-state index < -0.39 is 29.7 Å². The summed E-state index contributed by atoms with van der Waals surface area (Å²) < 4.78 is 22.6. The Morgan fingerprint density at radius 2 is 0.897 bits per heavy atom. The van der Waals surface area contributed by atoms with Crippen LogP contribution in [0.1, 0.15) is 63.7 Å². The van der Waals surface area contributed by atoms with Gasteiger partial charge in [-0.15, -0.1) is 0 Å². The van der Waals surface area contributed by atoms with E-state index in [0.29, 0.717) is 11.1 Å². The van der Waals surface area contributed by atoms with E-state index in [1.165, 1.54) is 0 Å². The molecular formula is C31H18O8. The molecular weight excluding hydrogens is 500 g/mol. The summed E-state index contributed by atoms with van der Waals surface area (Å²) in [7, 11) is 0. The number of carbonyl (C=O) groups excluding carboxylic acids is 4. The first-order chi connectivity index (χ1) is 18.9. The van der Waals surface area contributed by atoms with Crippen LogP contribution in [0.3, 0.4) is 0 Å². The van der Waals surface area contributed by atoms with Crippen molar-refractivity contribution in [3.63, 3.8) is 0 Å². The zero-order chi connectivity index (χ0) is 26.7. The third-order valence-corrected chi connectivity index (χ3v) is 7.16. The van der Waals surface area contributed by atoms with E-state index in [1.807, 2.05) is 48.5 Å². The number of hydrogen-bond donors (Lipinski definition) is 0. The number of ether oxygens (including phenoxy) is 4. The molecule has 0 saturated carbocycles. The number of cyclic esters (lactones) is 4. The molecule has 0 bridgehead atoms. The summed E-state index contributed by atoms with van der Waals surface area (Å²) in [6.07, 6.45) is 0. The highest BCUT2D eigenvalue weighted by Crippen LogP contribution is 2.51. The fraction of sp³-hybridized carbons (Fsp3) is 0.0968. The molecule has 4 aromatic carbocycles. The minimum absolute atomic E-state index is 0.0580. The topological polar surface area (TPSA) is 105 Å². The molecule has 4 aromatic rings. The minimum atomic E-state index is -1.32. The molecule has 0 N–H and O–H groups in total. The van der Waals surface area contributed by atoms with Gasteiger partial charge >= 0.3 is 23.9 Å². The molecule has 0 atom stereocenters. The van der Waals surface area contributed by atoms with Crippen molar-refractivity contribution in [2.75, 3.05) is 0 Å². The quantitative estimate of drug-likeness (QED) is 0.201. The van der Waals surface area contributed by atoms with Gasteiger partial charge in [0.05, 0.1) is 35.5 Å². The first-order valence-corrected chi connectivity index (χ1v) is 12.2. The predicted molar refractivity (Wildman–Crippen MR) is 135 cm³/mol. The van der Waals surface area contributed by atoms with Crippen LogP contribution in [0, 0.1) is 0 Å². The van der Waals surface area contributed by atoms with Gasteiger partial charge in [0.2, 0.25) is 5.79 Å². The van der Waals surface area contributed by atoms with Crippen molar-refractivity contribution < 1.29 is 38.1 Å². The molecule has 0 radical (unpaired) electrons. The van der Waals surface area contributed by atoms with Crippen LogP contribution in [-0.4, -0.2) is 23.9 Å². The summed E-state index contributed by atoms with van der Waals surface area (Å²) in [5, 5.41) is 0. The highest BCUT2D eigenvalue weighted by atomic mass is 16.7. The molecule has 2 aliphatic heterocycles. The molecule has 0 amide bonds. The SMILES string of the molecule is O=C1OC(=O)c2cc(COC3(OCc4ccc5c(c4)C(=O)OC5=O)c4ccccc4-c4ccccc43)ccc21. The summed E-state index contributed by atoms with van der Waals surface area (Å²) in [6, 6.07) is 25.3. The van der Waals surface area contributed by atoms with Crippen LogP contribution in [-0.2, 0) is 37.9 Å². The maximum Gasteiger partial charge on any atom is 0.346 e. The Hall–Kier alpha value is -4.92. The summed E-state index contributed by atoms with van der Waals surface area (Å²) in [5.41, 5.74) is 5.67. The Morgan fingerprint density at radius 1 is 0.487 bits per heavy atom. The molecule has 0 saturated heterocycles. The molecule has 1 aliphatic carbocycles. The van der Waals surface area contributed by atoms with E-state index in [4.69, 9.17) is 18.9 Å². The van der Waals surface area contributed by atoms with Gasteiger partial charge in [0, 0.05) is 11.1 Å². The van der Waals surface area contributed by atoms with Gasteiger partial charge < -0.3 is 18.9 Å². The van der Waals surface area contributed by atoms with Crippen LogP contribution in [0.25, 0.3) is 11.1 Å². The minimum Gasteiger partial charge on any atom is -0.386 e. The molecule has 3 aliphatic rings. The fourth-order valence-corrected chi connectivity index (χ4v) is 5.32. The van der Waals surface area contributed by atoms with Gasteiger partial charge in [-0.05, 0) is 46.5 Å². The third-order valence-electron chi connectivity index (χ3n) is 7.16. The lowest BCUT2D eigenvalue weighted by atomic mass is 10.0. The zero-order valence-electron chi connectivity index (χ0n) is 20.3. The van der Waals surface area contributed by atoms with Crippen molar-refractivity contribution in [2.24, 2.45) is 0 Å². The van der Waals surface area contributed by atoms with E-state index in [-0.39, 0.29) is 35.5 Å². The standard InChI is InChI=1S/C31H18O8/c32-27-21-11-9-17(13-23(21)29(34)38-27)15-36-31(25-7-3-1-5-19(25)20-6-2-4-8-26(20)31)37-16-18-10-12-22-24(14-18)30(35)39-28(22)33/h1-14H,15-16H2. The maximum atomic E-state index is 12.1. The lowest BCUT2D eigenvalue weighted by Gasteiger charge is -2.32. The van der Waals surface area contributed by atoms with Crippen LogP contribution in [0.2, 0.25) is 0 Å². The van der Waals surface area contributed by atoms with Gasteiger partial charge in [0.1, 0.15) is 0 Å². The van der Waals surface area contributed by atoms with Gasteiger partial charge in [-0.25, -0.2) is 19.2 Å². The molecule has 39 heavy (non-hydrogen) atoms. The van der Waals surface area contributed by atoms with Crippen molar-refractivity contribution in [3.05, 3.63) is 129 Å². The van der Waals surface area contributed by atoms with Crippen molar-refractivity contribution in [1.29, 1.82) is 0 Å². The first kappa shape index (κ1) is 23.2. The predicted octanol–water partition coefficient (Wildman–Crippen LogP) is 4.92. The first-order valence-electron chi connectivity index (χ1n) is 12.2. The van der Waals surface area contributed by atoms with E-state index in [1.54, 1.807) is 36.4 Å². The van der Waals surface area contributed by atoms with E-state index in [9.17, 15) is 19.2 Å². The number of fused-ring (bicyclic) bond motifs is 5. The van der Waals surface area contributed by atoms with E-state index >= 15 is 0 Å². The lowest BCUT2D eigenvalue weighted by molar-refractivity contribution is -0.229. The Bertz CT molecular complexity index is 1620. The van der Waals surface area contributed by atoms with Crippen LogP contribution in [0.5, 0.6) is 0 Å². The molecule has 0 aromatic heterocycles. The van der Waals surface area contributed by atoms with Gasteiger partial charge in [0.15, 0.2) is 0 Å². The highest BCUT2D eigenvalue weighted by Gasteiger charge is 2.46. The lowest BCUT2D eigenvalue weighted by Crippen LogP contribution is -2.32. The fourth-order valence-electron chi connectivity index (χ4n) is 5.32. The van der Waals surface area contributed by atoms with Crippen molar-refractivity contribution in [3.8, 4) is 11.1 Å². The van der Waals surface area contributed by atoms with Gasteiger partial charge in [-0.2, -0.15) is 0 Å². The van der Waals surface area contributed by atoms with E-state index in [0.717, 1.165) is 22.3 Å². The largest absolute Gasteiger partial charge is 0.386 e. The van der Waals surface area contributed by atoms with Crippen LogP contribution >= 0.6 is 0 Å². The third kappa shape index (κ3) is 3.53.